The molecule has 0 aromatic heterocycles. The number of aromatic carboxylic acids is 1. The van der Waals surface area contributed by atoms with Crippen molar-refractivity contribution >= 4 is 35.2 Å². The van der Waals surface area contributed by atoms with Gasteiger partial charge in [0.25, 0.3) is 0 Å². The lowest BCUT2D eigenvalue weighted by Gasteiger charge is -2.37. The third-order valence-corrected chi connectivity index (χ3v) is 14.0. The Hall–Kier alpha value is -7.89. The molecule has 0 bridgehead atoms. The molecule has 2 aliphatic heterocycles. The number of hydrogen-bond donors (Lipinski definition) is 3. The molecule has 8 rings (SSSR count). The summed E-state index contributed by atoms with van der Waals surface area (Å²) < 4.78 is 18.9. The molecule has 1 atom stereocenters. The number of benzene rings is 6. The fourth-order valence-corrected chi connectivity index (χ4v) is 9.33. The van der Waals surface area contributed by atoms with Crippen LogP contribution in [0.2, 0.25) is 0 Å². The van der Waals surface area contributed by atoms with Crippen molar-refractivity contribution in [3.05, 3.63) is 183 Å². The summed E-state index contributed by atoms with van der Waals surface area (Å²) in [7, 11) is 4.19. The molecule has 3 N–H and O–H groups in total. The minimum absolute atomic E-state index is 0.233. The first-order valence-corrected chi connectivity index (χ1v) is 26.1. The number of nitrogens with zero attached hydrogens (tertiary/aromatic N) is 4. The van der Waals surface area contributed by atoms with Crippen LogP contribution < -0.4 is 24.0 Å². The third-order valence-electron chi connectivity index (χ3n) is 14.0. The number of carbonyl (C=O) groups excluding carboxylic acids is 2. The van der Waals surface area contributed by atoms with Gasteiger partial charge in [-0.05, 0) is 108 Å². The molecule has 13 nitrogen and oxygen atoms in total. The van der Waals surface area contributed by atoms with E-state index in [0.29, 0.717) is 35.5 Å². The van der Waals surface area contributed by atoms with Crippen molar-refractivity contribution in [1.82, 2.24) is 9.80 Å². The molecule has 0 spiro atoms. The monoisotopic (exact) mass is 1040 g/mol. The van der Waals surface area contributed by atoms with Crippen LogP contribution in [0.15, 0.2) is 127 Å². The number of piperazine rings is 2. The highest BCUT2D eigenvalue weighted by Gasteiger charge is 2.30. The topological polar surface area (TPSA) is 153 Å². The lowest BCUT2D eigenvalue weighted by molar-refractivity contribution is 0.0680. The van der Waals surface area contributed by atoms with Crippen molar-refractivity contribution in [3.63, 3.8) is 0 Å². The van der Waals surface area contributed by atoms with Crippen molar-refractivity contribution in [2.24, 2.45) is 0 Å². The summed E-state index contributed by atoms with van der Waals surface area (Å²) in [4.78, 5) is 49.3. The lowest BCUT2D eigenvalue weighted by atomic mass is 9.84. The molecule has 2 fully saturated rings. The Morgan fingerprint density at radius 3 is 1.68 bits per heavy atom. The van der Waals surface area contributed by atoms with Gasteiger partial charge in [-0.15, -0.1) is 0 Å². The number of ketones is 1. The Bertz CT molecular complexity index is 3190. The van der Waals surface area contributed by atoms with Gasteiger partial charge in [-0.3, -0.25) is 4.79 Å². The Balaban J connectivity index is 1.01. The number of aromatic hydroxyl groups is 1. The lowest BCUT2D eigenvalue weighted by Crippen LogP contribution is -2.44. The highest BCUT2D eigenvalue weighted by atomic mass is 16.5. The second kappa shape index (κ2) is 24.0. The van der Waals surface area contributed by atoms with Gasteiger partial charge in [0.05, 0.1) is 11.4 Å². The number of carboxylic acids is 1. The molecule has 1 unspecified atom stereocenters. The summed E-state index contributed by atoms with van der Waals surface area (Å²) in [5, 5.41) is 32.9. The molecule has 0 saturated carbocycles. The van der Waals surface area contributed by atoms with Crippen LogP contribution in [-0.4, -0.2) is 109 Å². The van der Waals surface area contributed by atoms with Crippen LogP contribution >= 0.6 is 0 Å². The van der Waals surface area contributed by atoms with Gasteiger partial charge in [0, 0.05) is 74.6 Å². The summed E-state index contributed by atoms with van der Waals surface area (Å²) in [6.07, 6.45) is 1.74. The van der Waals surface area contributed by atoms with E-state index in [4.69, 9.17) is 14.2 Å². The Morgan fingerprint density at radius 1 is 0.636 bits per heavy atom. The molecule has 0 amide bonds. The van der Waals surface area contributed by atoms with Crippen LogP contribution in [0.5, 0.6) is 23.0 Å². The molecule has 13 heteroatoms. The molecule has 6 aromatic carbocycles. The van der Waals surface area contributed by atoms with Crippen LogP contribution in [0, 0.1) is 11.8 Å². The van der Waals surface area contributed by atoms with E-state index in [1.165, 1.54) is 42.5 Å². The predicted molar refractivity (Wildman–Crippen MR) is 303 cm³/mol. The maximum atomic E-state index is 14.1. The normalized spacial score (nSPS) is 14.9. The van der Waals surface area contributed by atoms with Crippen LogP contribution in [0.1, 0.15) is 118 Å². The van der Waals surface area contributed by atoms with Gasteiger partial charge >= 0.3 is 11.9 Å². The Kier molecular flexibility index (Phi) is 17.2. The van der Waals surface area contributed by atoms with Gasteiger partial charge < -0.3 is 49.1 Å². The standard InChI is InChI=1S/C64H70N4O9/c1-63(2,3)51-37-47(39-53(67-31-27-65(7)28-32-67)59(51)75-41-45-15-11-9-12-16-45)55(69)25-21-43-19-23-49(57(71)35-43)62(74)77-58-36-44(20-24-50(58)61(72)73)22-26-56(70)48-38-52(64(4,5)6)60(76-42-46-17-13-10-14-18-46)54(40-48)68-33-29-66(8)30-34-68/h9-20,22-24,26,35-40,55,69,71H,27-34,41-42H2,1-8H3,(H,72,73). The van der Waals surface area contributed by atoms with Gasteiger partial charge in [0.15, 0.2) is 5.78 Å². The second-order valence-corrected chi connectivity index (χ2v) is 22.0. The van der Waals surface area contributed by atoms with E-state index < -0.39 is 23.8 Å². The van der Waals surface area contributed by atoms with E-state index in [-0.39, 0.29) is 33.5 Å². The number of likely N-dealkylation sites (N-methyl/N-ethyl adjacent to an activating group) is 2. The third kappa shape index (κ3) is 13.9. The number of esters is 1. The summed E-state index contributed by atoms with van der Waals surface area (Å²) in [6.45, 7) is 19.9. The molecule has 2 heterocycles. The zero-order chi connectivity index (χ0) is 55.0. The number of carboxylic acid groups (broad SMARTS) is 1. The van der Waals surface area contributed by atoms with Gasteiger partial charge in [-0.1, -0.05) is 126 Å². The first-order chi connectivity index (χ1) is 36.7. The van der Waals surface area contributed by atoms with E-state index in [9.17, 15) is 29.7 Å². The van der Waals surface area contributed by atoms with Gasteiger partial charge in [-0.2, -0.15) is 0 Å². The number of aliphatic hydroxyl groups excluding tert-OH is 1. The maximum absolute atomic E-state index is 14.1. The fourth-order valence-electron chi connectivity index (χ4n) is 9.33. The van der Waals surface area contributed by atoms with Gasteiger partial charge in [-0.25, -0.2) is 9.59 Å². The smallest absolute Gasteiger partial charge is 0.347 e. The molecular weight excluding hydrogens is 969 g/mol. The van der Waals surface area contributed by atoms with E-state index in [2.05, 4.69) is 87.1 Å². The summed E-state index contributed by atoms with van der Waals surface area (Å²) in [5.74, 6) is 4.02. The number of phenols is 1. The first-order valence-electron chi connectivity index (χ1n) is 26.1. The van der Waals surface area contributed by atoms with E-state index in [1.807, 2.05) is 84.9 Å². The highest BCUT2D eigenvalue weighted by Crippen LogP contribution is 2.44. The Morgan fingerprint density at radius 2 is 1.16 bits per heavy atom. The van der Waals surface area contributed by atoms with E-state index in [1.54, 1.807) is 6.08 Å². The number of hydrogen-bond acceptors (Lipinski definition) is 12. The number of phenolic OH excluding ortho intramolecular Hbond substituents is 1. The number of aliphatic hydroxyl groups is 1. The minimum atomic E-state index is -1.34. The number of allylic oxidation sites excluding steroid dienone is 1. The zero-order valence-corrected chi connectivity index (χ0v) is 45.4. The predicted octanol–water partition coefficient (Wildman–Crippen LogP) is 10.5. The molecular formula is C64H70N4O9. The Labute approximate surface area is 452 Å². The summed E-state index contributed by atoms with van der Waals surface area (Å²) in [5.41, 5.74) is 6.12. The average Bonchev–Trinajstić information content (AvgIpc) is 3.41. The average molecular weight is 1040 g/mol. The molecule has 2 aliphatic rings. The summed E-state index contributed by atoms with van der Waals surface area (Å²) in [6, 6.07) is 36.0. The minimum Gasteiger partial charge on any atom is -0.507 e. The molecule has 400 valence electrons. The molecule has 6 aromatic rings. The second-order valence-electron chi connectivity index (χ2n) is 22.0. The molecule has 77 heavy (non-hydrogen) atoms. The molecule has 0 aliphatic carbocycles. The fraction of sp³-hybridized carbons (Fsp3) is 0.328. The van der Waals surface area contributed by atoms with Crippen LogP contribution in [-0.2, 0) is 24.0 Å². The first kappa shape index (κ1) is 55.3. The number of rotatable bonds is 15. The van der Waals surface area contributed by atoms with Crippen molar-refractivity contribution in [1.29, 1.82) is 0 Å². The number of carbonyl (C=O) groups is 3. The SMILES string of the molecule is CN1CCN(c2cc(C(=O)C=Cc3ccc(C(=O)O)c(OC(=O)c4ccc(C#CC(O)c5cc(N6CCN(C)CC6)c(OCc6ccccc6)c(C(C)(C)C)c5)cc4O)c3)cc(C(C)(C)C)c2OCc2ccccc2)CC1. The van der Waals surface area contributed by atoms with Crippen molar-refractivity contribution in [3.8, 4) is 34.8 Å². The number of ether oxygens (including phenoxy) is 3. The quantitative estimate of drug-likeness (QED) is 0.0294. The van der Waals surface area contributed by atoms with E-state index in [0.717, 1.165) is 97.5 Å². The van der Waals surface area contributed by atoms with Gasteiger partial charge in [0.1, 0.15) is 53.4 Å². The zero-order valence-electron chi connectivity index (χ0n) is 45.4. The maximum Gasteiger partial charge on any atom is 0.347 e. The van der Waals surface area contributed by atoms with Crippen molar-refractivity contribution in [2.45, 2.75) is 71.7 Å². The number of anilines is 2. The van der Waals surface area contributed by atoms with Gasteiger partial charge in [0.2, 0.25) is 0 Å². The van der Waals surface area contributed by atoms with Crippen LogP contribution in [0.4, 0.5) is 11.4 Å². The molecule has 2 saturated heterocycles. The van der Waals surface area contributed by atoms with Crippen molar-refractivity contribution in [2.75, 3.05) is 76.3 Å². The van der Waals surface area contributed by atoms with Crippen LogP contribution in [0.3, 0.4) is 0 Å². The summed E-state index contributed by atoms with van der Waals surface area (Å²) >= 11 is 0. The largest absolute Gasteiger partial charge is 0.507 e. The van der Waals surface area contributed by atoms with E-state index >= 15 is 0 Å². The molecule has 0 radical (unpaired) electrons. The highest BCUT2D eigenvalue weighted by molar-refractivity contribution is 6.08. The van der Waals surface area contributed by atoms with Crippen LogP contribution in [0.25, 0.3) is 6.08 Å². The van der Waals surface area contributed by atoms with Crippen molar-refractivity contribution < 1.29 is 43.9 Å².